The molecule has 3 atom stereocenters. The van der Waals surface area contributed by atoms with Crippen LogP contribution in [0.2, 0.25) is 0 Å². The molecular weight excluding hydrogens is 118 g/mol. The monoisotopic (exact) mass is 127 g/mol. The first kappa shape index (κ1) is 4.74. The maximum absolute atomic E-state index is 5.05. The summed E-state index contributed by atoms with van der Waals surface area (Å²) in [6, 6.07) is 0. The van der Waals surface area contributed by atoms with Crippen molar-refractivity contribution in [1.29, 1.82) is 0 Å². The molecule has 1 aliphatic heterocycles. The fraction of sp³-hybridized carbons (Fsp3) is 0.833. The topological polar surface area (TPSA) is 12.0 Å². The second kappa shape index (κ2) is 1.24. The molecular formula is C6H9NS. The molecule has 0 amide bonds. The lowest BCUT2D eigenvalue weighted by Gasteiger charge is -1.98. The quantitative estimate of drug-likeness (QED) is 0.483. The van der Waals surface area contributed by atoms with E-state index in [1.165, 1.54) is 0 Å². The molecule has 0 aromatic carbocycles. The second-order valence-electron chi connectivity index (χ2n) is 2.79. The van der Waals surface area contributed by atoms with Crippen LogP contribution in [0, 0.1) is 17.8 Å². The summed E-state index contributed by atoms with van der Waals surface area (Å²) in [5.41, 5.74) is 0. The molecule has 0 bridgehead atoms. The SMILES string of the molecule is C[C@@H]1[C@@H]2CNC(=S)[C@H]12. The number of nitrogens with one attached hydrogen (secondary N) is 1. The van der Waals surface area contributed by atoms with Crippen LogP contribution in [0.15, 0.2) is 0 Å². The number of rotatable bonds is 0. The van der Waals surface area contributed by atoms with Crippen LogP contribution in [0.4, 0.5) is 0 Å². The van der Waals surface area contributed by atoms with E-state index >= 15 is 0 Å². The van der Waals surface area contributed by atoms with Crippen molar-refractivity contribution in [2.24, 2.45) is 17.8 Å². The number of thiocarbonyl (C=S) groups is 1. The highest BCUT2D eigenvalue weighted by Gasteiger charge is 2.53. The third kappa shape index (κ3) is 0.395. The molecule has 1 N–H and O–H groups in total. The Kier molecular flexibility index (Phi) is 0.734. The molecule has 8 heavy (non-hydrogen) atoms. The molecule has 0 unspecified atom stereocenters. The van der Waals surface area contributed by atoms with Crippen LogP contribution in [0.1, 0.15) is 6.92 Å². The molecule has 1 nitrogen and oxygen atoms in total. The van der Waals surface area contributed by atoms with Gasteiger partial charge in [0, 0.05) is 12.5 Å². The summed E-state index contributed by atoms with van der Waals surface area (Å²) in [6.07, 6.45) is 0. The summed E-state index contributed by atoms with van der Waals surface area (Å²) in [7, 11) is 0. The van der Waals surface area contributed by atoms with Crippen LogP contribution in [-0.2, 0) is 0 Å². The number of piperidine rings is 1. The molecule has 0 spiro atoms. The van der Waals surface area contributed by atoms with Gasteiger partial charge >= 0.3 is 0 Å². The van der Waals surface area contributed by atoms with Gasteiger partial charge in [-0.2, -0.15) is 0 Å². The normalized spacial score (nSPS) is 50.6. The van der Waals surface area contributed by atoms with Crippen molar-refractivity contribution in [3.63, 3.8) is 0 Å². The summed E-state index contributed by atoms with van der Waals surface area (Å²) in [4.78, 5) is 1.11. The van der Waals surface area contributed by atoms with E-state index in [0.29, 0.717) is 0 Å². The Hall–Kier alpha value is -0.110. The first-order valence-corrected chi connectivity index (χ1v) is 3.49. The molecule has 1 heterocycles. The van der Waals surface area contributed by atoms with Crippen molar-refractivity contribution in [2.75, 3.05) is 6.54 Å². The molecule has 0 aromatic rings. The van der Waals surface area contributed by atoms with Crippen LogP contribution in [0.3, 0.4) is 0 Å². The average molecular weight is 127 g/mol. The highest BCUT2D eigenvalue weighted by Crippen LogP contribution is 2.49. The van der Waals surface area contributed by atoms with Crippen LogP contribution in [0.25, 0.3) is 0 Å². The van der Waals surface area contributed by atoms with Gasteiger partial charge in [-0.3, -0.25) is 0 Å². The van der Waals surface area contributed by atoms with Crippen LogP contribution in [0.5, 0.6) is 0 Å². The summed E-state index contributed by atoms with van der Waals surface area (Å²) in [6.45, 7) is 3.42. The Morgan fingerprint density at radius 3 is 2.75 bits per heavy atom. The Morgan fingerprint density at radius 1 is 1.75 bits per heavy atom. The maximum Gasteiger partial charge on any atom is 0.0791 e. The largest absolute Gasteiger partial charge is 0.379 e. The van der Waals surface area contributed by atoms with E-state index in [9.17, 15) is 0 Å². The molecule has 2 fully saturated rings. The summed E-state index contributed by atoms with van der Waals surface area (Å²) < 4.78 is 0. The molecule has 1 saturated heterocycles. The smallest absolute Gasteiger partial charge is 0.0791 e. The minimum absolute atomic E-state index is 0.769. The van der Waals surface area contributed by atoms with Gasteiger partial charge in [-0.15, -0.1) is 0 Å². The molecule has 2 rings (SSSR count). The third-order valence-electron chi connectivity index (χ3n) is 2.38. The molecule has 2 aliphatic rings. The zero-order valence-electron chi connectivity index (χ0n) is 4.85. The average Bonchev–Trinajstić information content (AvgIpc) is 2.13. The molecule has 0 radical (unpaired) electrons. The van der Waals surface area contributed by atoms with E-state index in [2.05, 4.69) is 12.2 Å². The van der Waals surface area contributed by atoms with Crippen molar-refractivity contribution in [1.82, 2.24) is 5.32 Å². The Bertz CT molecular complexity index is 143. The van der Waals surface area contributed by atoms with E-state index in [4.69, 9.17) is 12.2 Å². The van der Waals surface area contributed by atoms with Crippen molar-refractivity contribution in [2.45, 2.75) is 6.92 Å². The lowest BCUT2D eigenvalue weighted by Crippen LogP contribution is -2.19. The molecule has 1 aliphatic carbocycles. The predicted molar refractivity (Wildman–Crippen MR) is 36.7 cm³/mol. The Labute approximate surface area is 54.5 Å². The van der Waals surface area contributed by atoms with Gasteiger partial charge in [0.05, 0.1) is 4.99 Å². The summed E-state index contributed by atoms with van der Waals surface area (Å²) in [5, 5.41) is 3.18. The fourth-order valence-corrected chi connectivity index (χ4v) is 2.10. The Morgan fingerprint density at radius 2 is 2.50 bits per heavy atom. The highest BCUT2D eigenvalue weighted by molar-refractivity contribution is 7.80. The minimum atomic E-state index is 0.769. The maximum atomic E-state index is 5.05. The zero-order chi connectivity index (χ0) is 5.72. The van der Waals surface area contributed by atoms with Gasteiger partial charge in [0.25, 0.3) is 0 Å². The van der Waals surface area contributed by atoms with Gasteiger partial charge in [0.1, 0.15) is 0 Å². The van der Waals surface area contributed by atoms with Crippen molar-refractivity contribution in [3.05, 3.63) is 0 Å². The number of hydrogen-bond acceptors (Lipinski definition) is 1. The van der Waals surface area contributed by atoms with Gasteiger partial charge in [0.2, 0.25) is 0 Å². The fourth-order valence-electron chi connectivity index (χ4n) is 1.63. The Balaban J connectivity index is 2.18. The molecule has 44 valence electrons. The third-order valence-corrected chi connectivity index (χ3v) is 2.79. The molecule has 0 aromatic heterocycles. The van der Waals surface area contributed by atoms with Gasteiger partial charge in [-0.05, 0) is 11.8 Å². The first-order valence-electron chi connectivity index (χ1n) is 3.08. The van der Waals surface area contributed by atoms with E-state index in [-0.39, 0.29) is 0 Å². The lowest BCUT2D eigenvalue weighted by molar-refractivity contribution is 0.726. The number of hydrogen-bond donors (Lipinski definition) is 1. The summed E-state index contributed by atoms with van der Waals surface area (Å²) in [5.74, 6) is 2.57. The highest BCUT2D eigenvalue weighted by atomic mass is 32.1. The minimum Gasteiger partial charge on any atom is -0.379 e. The van der Waals surface area contributed by atoms with Gasteiger partial charge in [-0.25, -0.2) is 0 Å². The van der Waals surface area contributed by atoms with Crippen LogP contribution in [-0.4, -0.2) is 11.5 Å². The first-order chi connectivity index (χ1) is 3.80. The number of fused-ring (bicyclic) bond motifs is 1. The van der Waals surface area contributed by atoms with E-state index in [1.54, 1.807) is 0 Å². The van der Waals surface area contributed by atoms with E-state index in [1.807, 2.05) is 0 Å². The standard InChI is InChI=1S/C6H9NS/c1-3-4-2-7-6(8)5(3)4/h3-5H,2H2,1H3,(H,7,8)/t3-,4+,5-/m1/s1. The van der Waals surface area contributed by atoms with E-state index in [0.717, 1.165) is 29.3 Å². The second-order valence-corrected chi connectivity index (χ2v) is 3.23. The van der Waals surface area contributed by atoms with Crippen LogP contribution < -0.4 is 5.32 Å². The lowest BCUT2D eigenvalue weighted by atomic mass is 10.3. The molecule has 2 heteroatoms. The van der Waals surface area contributed by atoms with E-state index < -0.39 is 0 Å². The van der Waals surface area contributed by atoms with Gasteiger partial charge in [0.15, 0.2) is 0 Å². The summed E-state index contributed by atoms with van der Waals surface area (Å²) >= 11 is 5.05. The van der Waals surface area contributed by atoms with Crippen molar-refractivity contribution in [3.8, 4) is 0 Å². The van der Waals surface area contributed by atoms with Crippen LogP contribution >= 0.6 is 12.2 Å². The van der Waals surface area contributed by atoms with Gasteiger partial charge in [-0.1, -0.05) is 19.1 Å². The molecule has 1 saturated carbocycles. The predicted octanol–water partition coefficient (Wildman–Crippen LogP) is 0.799. The zero-order valence-corrected chi connectivity index (χ0v) is 5.66. The van der Waals surface area contributed by atoms with Crippen molar-refractivity contribution >= 4 is 17.2 Å². The van der Waals surface area contributed by atoms with Crippen molar-refractivity contribution < 1.29 is 0 Å². The van der Waals surface area contributed by atoms with Gasteiger partial charge < -0.3 is 5.32 Å².